The molecular weight excluding hydrogens is 1120 g/mol. The van der Waals surface area contributed by atoms with Crippen LogP contribution in [0.1, 0.15) is 55.8 Å². The minimum Gasteiger partial charge on any atom is -0.545 e. The number of ether oxygens (including phenoxy) is 2. The van der Waals surface area contributed by atoms with Crippen molar-refractivity contribution in [3.8, 4) is 44.9 Å². The van der Waals surface area contributed by atoms with Crippen LogP contribution < -0.4 is 56.0 Å². The summed E-state index contributed by atoms with van der Waals surface area (Å²) in [6, 6.07) is 37.3. The SMILES string of the molecule is C.C=CN(CC)c1ccc2c(-c3ccccc3C(=O)O)c3ccc(=[N+](CC)CCOC(=O)NC)cc-3oc2c1.C=CN(CC)c1ccc2c(-c3ccccc3C(=O)[O-])c3ccc(=[N+](CC)CCOC(=O)NC)cc-3oc2c1.CNC(=O)O.CNC(=O)O. The Morgan fingerprint density at radius 3 is 1.25 bits per heavy atom. The zero-order valence-electron chi connectivity index (χ0n) is 49.4. The van der Waals surface area contributed by atoms with Crippen molar-refractivity contribution < 1.29 is 67.5 Å². The zero-order valence-corrected chi connectivity index (χ0v) is 49.4. The average Bonchev–Trinajstić information content (AvgIpc) is 1.48. The van der Waals surface area contributed by atoms with Gasteiger partial charge in [-0.05, 0) is 93.7 Å². The molecule has 460 valence electrons. The number of amides is 4. The van der Waals surface area contributed by atoms with Gasteiger partial charge < -0.3 is 74.6 Å². The monoisotopic (exact) mass is 1190 g/mol. The van der Waals surface area contributed by atoms with Gasteiger partial charge >= 0.3 is 30.3 Å². The second-order valence-corrected chi connectivity index (χ2v) is 18.3. The summed E-state index contributed by atoms with van der Waals surface area (Å²) in [4.78, 5) is 69.6. The Morgan fingerprint density at radius 1 is 0.540 bits per heavy atom. The molecule has 22 heteroatoms. The van der Waals surface area contributed by atoms with E-state index in [9.17, 15) is 39.0 Å². The van der Waals surface area contributed by atoms with Gasteiger partial charge in [-0.3, -0.25) is 0 Å². The van der Waals surface area contributed by atoms with Crippen LogP contribution in [0, 0.1) is 0 Å². The van der Waals surface area contributed by atoms with Crippen molar-refractivity contribution in [1.82, 2.24) is 30.4 Å². The number of carboxylic acid groups (broad SMARTS) is 4. The zero-order chi connectivity index (χ0) is 63.0. The molecule has 2 heterocycles. The summed E-state index contributed by atoms with van der Waals surface area (Å²) in [5, 5.41) is 49.4. The summed E-state index contributed by atoms with van der Waals surface area (Å²) in [6.45, 7) is 20.2. The van der Waals surface area contributed by atoms with E-state index in [1.807, 2.05) is 139 Å². The number of anilines is 2. The number of rotatable bonds is 18. The van der Waals surface area contributed by atoms with Crippen molar-refractivity contribution in [3.63, 3.8) is 0 Å². The largest absolute Gasteiger partial charge is 0.545 e. The maximum atomic E-state index is 12.2. The molecule has 4 amide bonds. The van der Waals surface area contributed by atoms with Crippen molar-refractivity contribution >= 4 is 69.6 Å². The van der Waals surface area contributed by atoms with Crippen LogP contribution in [0.25, 0.3) is 66.8 Å². The first kappa shape index (κ1) is 68.9. The molecule has 0 saturated carbocycles. The number of carboxylic acids is 2. The van der Waals surface area contributed by atoms with E-state index in [1.165, 1.54) is 28.2 Å². The van der Waals surface area contributed by atoms with Crippen molar-refractivity contribution in [2.45, 2.75) is 35.1 Å². The number of hydrogen-bond acceptors (Lipinski definition) is 13. The maximum Gasteiger partial charge on any atom is 0.407 e. The quantitative estimate of drug-likeness (QED) is 0.0311. The molecule has 4 aliphatic rings. The summed E-state index contributed by atoms with van der Waals surface area (Å²) in [7, 11) is 5.74. The van der Waals surface area contributed by atoms with Gasteiger partial charge in [-0.2, -0.15) is 0 Å². The molecule has 0 aromatic heterocycles. The summed E-state index contributed by atoms with van der Waals surface area (Å²) in [5.74, 6) is -1.02. The molecule has 4 aromatic rings. The number of hydrogen-bond donors (Lipinski definition) is 7. The van der Waals surface area contributed by atoms with Crippen molar-refractivity contribution in [1.29, 1.82) is 0 Å². The number of benzene rings is 6. The van der Waals surface area contributed by atoms with Crippen LogP contribution in [0.5, 0.6) is 0 Å². The van der Waals surface area contributed by atoms with E-state index in [0.717, 1.165) is 68.2 Å². The second-order valence-electron chi connectivity index (χ2n) is 18.3. The molecule has 2 aliphatic carbocycles. The molecule has 0 bridgehead atoms. The lowest BCUT2D eigenvalue weighted by molar-refractivity contribution is -0.255. The minimum atomic E-state index is -1.24. The summed E-state index contributed by atoms with van der Waals surface area (Å²) in [5.41, 5.74) is 7.72. The van der Waals surface area contributed by atoms with Gasteiger partial charge in [0.15, 0.2) is 26.3 Å². The lowest BCUT2D eigenvalue weighted by Gasteiger charge is -2.21. The molecule has 2 aliphatic heterocycles. The number of carbonyl (C=O) groups is 6. The van der Waals surface area contributed by atoms with Crippen molar-refractivity contribution in [2.75, 3.05) is 90.5 Å². The van der Waals surface area contributed by atoms with Gasteiger partial charge in [0.25, 0.3) is 0 Å². The Morgan fingerprint density at radius 2 is 0.920 bits per heavy atom. The van der Waals surface area contributed by atoms with E-state index >= 15 is 0 Å². The fourth-order valence-corrected chi connectivity index (χ4v) is 9.25. The molecular formula is C65H77N8O14+. The van der Waals surface area contributed by atoms with Crippen molar-refractivity contribution in [3.05, 3.63) is 169 Å². The third kappa shape index (κ3) is 17.7. The van der Waals surface area contributed by atoms with Crippen molar-refractivity contribution in [2.24, 2.45) is 0 Å². The van der Waals surface area contributed by atoms with E-state index in [-0.39, 0.29) is 31.8 Å². The first-order valence-electron chi connectivity index (χ1n) is 27.5. The van der Waals surface area contributed by atoms with Gasteiger partial charge in [0.1, 0.15) is 35.8 Å². The lowest BCUT2D eigenvalue weighted by Crippen LogP contribution is -2.34. The fraction of sp³-hybridized carbons (Fsp3) is 0.262. The standard InChI is InChI=1S/2C30H31N3O5.2C2H5NO2.CH4/c2*1-5-32(6-2)20-12-14-24-26(18-20)38-27-19-21(33(7-3)16-17-37-30(36)31-4)13-15-25(27)28(24)22-10-8-9-11-23(22)29(34)35;2*1-3-2(4)5;/h2*5,8-15,18-19H,1,6-7,16-17H2,2-4H3,(H-,31,34,35,36);2*3H,1H3,(H,4,5);1H4/p+1. The average molecular weight is 1190 g/mol. The highest BCUT2D eigenvalue weighted by atomic mass is 16.6. The van der Waals surface area contributed by atoms with Crippen LogP contribution in [0.3, 0.4) is 0 Å². The van der Waals surface area contributed by atoms with Gasteiger partial charge in [0.2, 0.25) is 10.7 Å². The number of aromatic carboxylic acids is 2. The van der Waals surface area contributed by atoms with Gasteiger partial charge in [-0.15, -0.1) is 0 Å². The summed E-state index contributed by atoms with van der Waals surface area (Å²) >= 11 is 0. The van der Waals surface area contributed by atoms with E-state index in [0.29, 0.717) is 60.0 Å². The van der Waals surface area contributed by atoms with Crippen LogP contribution >= 0.6 is 0 Å². The smallest absolute Gasteiger partial charge is 0.407 e. The number of alkyl carbamates (subject to hydrolysis) is 2. The highest BCUT2D eigenvalue weighted by molar-refractivity contribution is 6.09. The first-order chi connectivity index (χ1) is 41.4. The number of fused-ring (bicyclic) bond motifs is 4. The molecule has 8 rings (SSSR count). The summed E-state index contributed by atoms with van der Waals surface area (Å²) < 4.78 is 27.4. The van der Waals surface area contributed by atoms with Gasteiger partial charge in [-0.25, -0.2) is 33.1 Å². The molecule has 0 saturated heterocycles. The normalized spacial score (nSPS) is 11.0. The third-order valence-corrected chi connectivity index (χ3v) is 13.5. The van der Waals surface area contributed by atoms with Crippen LogP contribution in [-0.2, 0) is 9.47 Å². The molecule has 22 nitrogen and oxygen atoms in total. The molecule has 0 fully saturated rings. The number of carbonyl (C=O) groups excluding carboxylic acids is 3. The van der Waals surface area contributed by atoms with Crippen LogP contribution in [0.15, 0.2) is 156 Å². The molecule has 0 radical (unpaired) electrons. The molecule has 87 heavy (non-hydrogen) atoms. The molecule has 0 unspecified atom stereocenters. The summed E-state index contributed by atoms with van der Waals surface area (Å²) in [6.07, 6.45) is 0.580. The Hall–Kier alpha value is -10.6. The number of likely N-dealkylation sites (N-methyl/N-ethyl adjacent to an activating group) is 2. The Balaban J connectivity index is 0.000000319. The number of nitrogens with one attached hydrogen (secondary N) is 4. The predicted octanol–water partition coefficient (Wildman–Crippen LogP) is 9.11. The predicted molar refractivity (Wildman–Crippen MR) is 337 cm³/mol. The number of nitrogens with zero attached hydrogens (tertiary/aromatic N) is 4. The fourth-order valence-electron chi connectivity index (χ4n) is 9.25. The maximum absolute atomic E-state index is 12.2. The van der Waals surface area contributed by atoms with E-state index < -0.39 is 36.3 Å². The van der Waals surface area contributed by atoms with Crippen LogP contribution in [-0.4, -0.2) is 132 Å². The lowest BCUT2D eigenvalue weighted by atomic mass is 9.90. The third-order valence-electron chi connectivity index (χ3n) is 13.5. The van der Waals surface area contributed by atoms with Crippen LogP contribution in [0.4, 0.5) is 30.6 Å². The van der Waals surface area contributed by atoms with Gasteiger partial charge in [0, 0.05) is 116 Å². The van der Waals surface area contributed by atoms with Gasteiger partial charge in [-0.1, -0.05) is 63.0 Å². The Bertz CT molecular complexity index is 3570. The first-order valence-corrected chi connectivity index (χ1v) is 27.5. The van der Waals surface area contributed by atoms with E-state index in [4.69, 9.17) is 28.5 Å². The highest BCUT2D eigenvalue weighted by Gasteiger charge is 2.24. The molecule has 4 aromatic carbocycles. The van der Waals surface area contributed by atoms with Gasteiger partial charge in [0.05, 0.1) is 23.7 Å². The van der Waals surface area contributed by atoms with Crippen LogP contribution in [0.2, 0.25) is 0 Å². The second kappa shape index (κ2) is 33.6. The molecule has 0 spiro atoms. The van der Waals surface area contributed by atoms with E-state index in [2.05, 4.69) is 32.9 Å². The highest BCUT2D eigenvalue weighted by Crippen LogP contribution is 2.44. The minimum absolute atomic E-state index is 0. The Labute approximate surface area is 504 Å². The molecule has 0 atom stereocenters. The Kier molecular flexibility index (Phi) is 26.6. The topological polar surface area (TPSA) is 292 Å². The molecule has 7 N–H and O–H groups in total. The van der Waals surface area contributed by atoms with E-state index in [1.54, 1.807) is 42.7 Å².